The van der Waals surface area contributed by atoms with Crippen LogP contribution in [0.3, 0.4) is 0 Å². The lowest BCUT2D eigenvalue weighted by atomic mass is 10.1. The van der Waals surface area contributed by atoms with Gasteiger partial charge in [0.2, 0.25) is 0 Å². The van der Waals surface area contributed by atoms with Gasteiger partial charge >= 0.3 is 0 Å². The Morgan fingerprint density at radius 1 is 1.37 bits per heavy atom. The molecule has 1 aromatic carbocycles. The number of benzene rings is 1. The summed E-state index contributed by atoms with van der Waals surface area (Å²) in [6.45, 7) is 5.79. The Hall–Kier alpha value is -1.00. The maximum Gasteiger partial charge on any atom is 0.124 e. The maximum absolute atomic E-state index is 12.2. The molecule has 0 fully saturated rings. The van der Waals surface area contributed by atoms with E-state index in [0.717, 1.165) is 22.6 Å². The van der Waals surface area contributed by atoms with Crippen LogP contribution in [0, 0.1) is 0 Å². The molecule has 3 nitrogen and oxygen atoms in total. The van der Waals surface area contributed by atoms with Crippen molar-refractivity contribution < 1.29 is 8.95 Å². The van der Waals surface area contributed by atoms with Crippen LogP contribution in [0.15, 0.2) is 24.0 Å². The van der Waals surface area contributed by atoms with Crippen molar-refractivity contribution in [2.45, 2.75) is 31.9 Å². The molecule has 104 valence electrons. The summed E-state index contributed by atoms with van der Waals surface area (Å²) in [5, 5.41) is 0.701. The van der Waals surface area contributed by atoms with Crippen LogP contribution in [-0.2, 0) is 22.1 Å². The van der Waals surface area contributed by atoms with Crippen molar-refractivity contribution in [2.24, 2.45) is 0 Å². The smallest absolute Gasteiger partial charge is 0.124 e. The van der Waals surface area contributed by atoms with Crippen LogP contribution in [0.5, 0.6) is 0 Å². The zero-order chi connectivity index (χ0) is 14.2. The summed E-state index contributed by atoms with van der Waals surface area (Å²) in [7, 11) is 0.447. The highest BCUT2D eigenvalue weighted by Crippen LogP contribution is 2.33. The SMILES string of the molecule is COC1=C(NS(=O)C(C)(C)C)c2ccc(Cl)cc2C1. The normalized spacial score (nSPS) is 16.3. The van der Waals surface area contributed by atoms with Gasteiger partial charge in [-0.15, -0.1) is 0 Å². The molecule has 0 aliphatic heterocycles. The van der Waals surface area contributed by atoms with E-state index >= 15 is 0 Å². The summed E-state index contributed by atoms with van der Waals surface area (Å²) in [5.41, 5.74) is 2.92. The number of rotatable bonds is 3. The Balaban J connectivity index is 2.35. The fourth-order valence-corrected chi connectivity index (χ4v) is 2.81. The second-order valence-corrected chi connectivity index (χ2v) is 7.87. The van der Waals surface area contributed by atoms with Gasteiger partial charge in [-0.1, -0.05) is 17.7 Å². The molecule has 1 N–H and O–H groups in total. The number of nitrogens with one attached hydrogen (secondary N) is 1. The minimum Gasteiger partial charge on any atom is -0.499 e. The van der Waals surface area contributed by atoms with E-state index in [1.807, 2.05) is 39.0 Å². The van der Waals surface area contributed by atoms with Gasteiger partial charge in [0.25, 0.3) is 0 Å². The first-order valence-corrected chi connectivity index (χ1v) is 7.60. The van der Waals surface area contributed by atoms with Gasteiger partial charge in [0, 0.05) is 17.0 Å². The molecule has 1 unspecified atom stereocenters. The molecule has 2 rings (SSSR count). The Bertz CT molecular complexity index is 561. The summed E-state index contributed by atoms with van der Waals surface area (Å²) in [4.78, 5) is 0. The van der Waals surface area contributed by atoms with Crippen molar-refractivity contribution in [3.63, 3.8) is 0 Å². The number of halogens is 1. The number of fused-ring (bicyclic) bond motifs is 1. The van der Waals surface area contributed by atoms with E-state index in [1.165, 1.54) is 0 Å². The topological polar surface area (TPSA) is 38.3 Å². The predicted molar refractivity (Wildman–Crippen MR) is 80.1 cm³/mol. The molecule has 0 aromatic heterocycles. The summed E-state index contributed by atoms with van der Waals surface area (Å²) < 4.78 is 20.4. The lowest BCUT2D eigenvalue weighted by Gasteiger charge is -2.20. The fourth-order valence-electron chi connectivity index (χ4n) is 1.90. The molecule has 1 aromatic rings. The van der Waals surface area contributed by atoms with Crippen LogP contribution in [0.2, 0.25) is 5.02 Å². The van der Waals surface area contributed by atoms with Crippen molar-refractivity contribution in [3.05, 3.63) is 40.1 Å². The highest BCUT2D eigenvalue weighted by Gasteiger charge is 2.27. The highest BCUT2D eigenvalue weighted by molar-refractivity contribution is 7.84. The van der Waals surface area contributed by atoms with Crippen molar-refractivity contribution in [3.8, 4) is 0 Å². The van der Waals surface area contributed by atoms with E-state index in [4.69, 9.17) is 16.3 Å². The maximum atomic E-state index is 12.2. The average molecular weight is 300 g/mol. The Labute approximate surface area is 121 Å². The van der Waals surface area contributed by atoms with Crippen molar-refractivity contribution in [2.75, 3.05) is 7.11 Å². The van der Waals surface area contributed by atoms with E-state index < -0.39 is 11.0 Å². The van der Waals surface area contributed by atoms with Crippen LogP contribution in [0.25, 0.3) is 5.70 Å². The molecule has 0 heterocycles. The van der Waals surface area contributed by atoms with Crippen molar-refractivity contribution in [1.29, 1.82) is 0 Å². The van der Waals surface area contributed by atoms with Crippen LogP contribution >= 0.6 is 11.6 Å². The molecule has 19 heavy (non-hydrogen) atoms. The van der Waals surface area contributed by atoms with E-state index in [1.54, 1.807) is 7.11 Å². The third-order valence-electron chi connectivity index (χ3n) is 2.96. The van der Waals surface area contributed by atoms with E-state index in [9.17, 15) is 4.21 Å². The zero-order valence-corrected chi connectivity index (χ0v) is 13.1. The second kappa shape index (κ2) is 5.17. The standard InChI is InChI=1S/C14H18ClNO2S/c1-14(2,3)19(17)16-13-11-6-5-10(15)7-9(11)8-12(13)18-4/h5-7,16H,8H2,1-4H3. The van der Waals surface area contributed by atoms with Gasteiger partial charge in [-0.25, -0.2) is 4.21 Å². The van der Waals surface area contributed by atoms with Crippen molar-refractivity contribution in [1.82, 2.24) is 4.72 Å². The molecule has 1 aliphatic carbocycles. The fraction of sp³-hybridized carbons (Fsp3) is 0.429. The van der Waals surface area contributed by atoms with Gasteiger partial charge in [0.1, 0.15) is 16.7 Å². The molecule has 0 bridgehead atoms. The van der Waals surface area contributed by atoms with Gasteiger partial charge in [-0.3, -0.25) is 0 Å². The van der Waals surface area contributed by atoms with Crippen molar-refractivity contribution >= 4 is 28.3 Å². The molecule has 1 aliphatic rings. The van der Waals surface area contributed by atoms with Gasteiger partial charge in [0.15, 0.2) is 0 Å². The largest absolute Gasteiger partial charge is 0.499 e. The first-order valence-electron chi connectivity index (χ1n) is 6.07. The second-order valence-electron chi connectivity index (χ2n) is 5.46. The lowest BCUT2D eigenvalue weighted by Crippen LogP contribution is -2.32. The van der Waals surface area contributed by atoms with Crippen LogP contribution in [0.1, 0.15) is 31.9 Å². The first kappa shape index (κ1) is 14.4. The monoisotopic (exact) mass is 299 g/mol. The first-order chi connectivity index (χ1) is 8.82. The Morgan fingerprint density at radius 3 is 2.63 bits per heavy atom. The molecule has 0 radical (unpaired) electrons. The Kier molecular flexibility index (Phi) is 3.92. The summed E-state index contributed by atoms with van der Waals surface area (Å²) >= 11 is 6.00. The van der Waals surface area contributed by atoms with E-state index in [2.05, 4.69) is 4.72 Å². The summed E-state index contributed by atoms with van der Waals surface area (Å²) in [6.07, 6.45) is 0.677. The summed E-state index contributed by atoms with van der Waals surface area (Å²) in [6, 6.07) is 5.69. The molecule has 0 spiro atoms. The number of hydrogen-bond acceptors (Lipinski definition) is 2. The van der Waals surface area contributed by atoms with E-state index in [-0.39, 0.29) is 4.75 Å². The molecule has 1 atom stereocenters. The highest BCUT2D eigenvalue weighted by atomic mass is 35.5. The summed E-state index contributed by atoms with van der Waals surface area (Å²) in [5.74, 6) is 0.801. The molecule has 0 amide bonds. The average Bonchev–Trinajstić information content (AvgIpc) is 2.65. The molecule has 0 saturated carbocycles. The number of methoxy groups -OCH3 is 1. The molecule has 0 saturated heterocycles. The minimum absolute atomic E-state index is 0.332. The van der Waals surface area contributed by atoms with E-state index in [0.29, 0.717) is 11.4 Å². The lowest BCUT2D eigenvalue weighted by molar-refractivity contribution is 0.287. The molecule has 5 heteroatoms. The minimum atomic E-state index is -1.18. The van der Waals surface area contributed by atoms with Crippen LogP contribution in [-0.4, -0.2) is 16.1 Å². The molecular formula is C14H18ClNO2S. The van der Waals surface area contributed by atoms with Crippen LogP contribution < -0.4 is 4.72 Å². The van der Waals surface area contributed by atoms with Crippen LogP contribution in [0.4, 0.5) is 0 Å². The van der Waals surface area contributed by atoms with Gasteiger partial charge in [-0.05, 0) is 38.5 Å². The quantitative estimate of drug-likeness (QED) is 0.930. The number of hydrogen-bond donors (Lipinski definition) is 1. The molecular weight excluding hydrogens is 282 g/mol. The van der Waals surface area contributed by atoms with Gasteiger partial charge < -0.3 is 9.46 Å². The van der Waals surface area contributed by atoms with Gasteiger partial charge in [-0.2, -0.15) is 0 Å². The van der Waals surface area contributed by atoms with Gasteiger partial charge in [0.05, 0.1) is 17.6 Å². The Morgan fingerprint density at radius 2 is 2.05 bits per heavy atom. The number of ether oxygens (including phenoxy) is 1. The third-order valence-corrected chi connectivity index (χ3v) is 4.70. The zero-order valence-electron chi connectivity index (χ0n) is 11.5. The predicted octanol–water partition coefficient (Wildman–Crippen LogP) is 3.26. The number of allylic oxidation sites excluding steroid dienone is 1. The third kappa shape index (κ3) is 2.95.